The summed E-state index contributed by atoms with van der Waals surface area (Å²) in [6.07, 6.45) is 6.79. The second-order valence-electron chi connectivity index (χ2n) is 12.8. The number of aromatic amines is 2. The van der Waals surface area contributed by atoms with Crippen LogP contribution in [0.2, 0.25) is 0 Å². The molecule has 4 aromatic carbocycles. The van der Waals surface area contributed by atoms with E-state index in [-0.39, 0.29) is 11.8 Å². The average molecular weight is 689 g/mol. The number of aromatic nitrogens is 2. The van der Waals surface area contributed by atoms with E-state index in [1.807, 2.05) is 133 Å². The summed E-state index contributed by atoms with van der Waals surface area (Å²) >= 11 is 0. The molecule has 253 valence electrons. The van der Waals surface area contributed by atoms with Gasteiger partial charge in [0, 0.05) is 39.2 Å². The Balaban J connectivity index is 1.22. The number of amides is 2. The monoisotopic (exact) mass is 688 g/mol. The van der Waals surface area contributed by atoms with Gasteiger partial charge in [0.15, 0.2) is 5.60 Å². The summed E-state index contributed by atoms with van der Waals surface area (Å²) in [6, 6.07) is 44.4. The molecule has 1 atom stereocenters. The third kappa shape index (κ3) is 5.54. The third-order valence-electron chi connectivity index (χ3n) is 9.64. The highest BCUT2D eigenvalue weighted by molar-refractivity contribution is 6.34. The number of aliphatic imine (C=N–C) groups is 2. The summed E-state index contributed by atoms with van der Waals surface area (Å²) in [5.74, 6) is -0.596. The molecular weight excluding hydrogens is 659 g/mol. The summed E-state index contributed by atoms with van der Waals surface area (Å²) in [6.45, 7) is 0. The van der Waals surface area contributed by atoms with Crippen LogP contribution in [0.15, 0.2) is 180 Å². The largest absolute Gasteiger partial charge is 0.373 e. The molecule has 8 heteroatoms. The lowest BCUT2D eigenvalue weighted by Gasteiger charge is -2.27. The summed E-state index contributed by atoms with van der Waals surface area (Å²) in [5, 5.41) is 18.8. The first-order valence-electron chi connectivity index (χ1n) is 17.2. The Kier molecular flexibility index (Phi) is 7.72. The summed E-state index contributed by atoms with van der Waals surface area (Å²) < 4.78 is 0. The minimum Gasteiger partial charge on any atom is -0.373 e. The van der Waals surface area contributed by atoms with E-state index in [0.717, 1.165) is 44.2 Å². The van der Waals surface area contributed by atoms with Crippen LogP contribution >= 0.6 is 0 Å². The van der Waals surface area contributed by atoms with E-state index in [9.17, 15) is 14.7 Å². The lowest BCUT2D eigenvalue weighted by Crippen LogP contribution is -2.36. The Bertz CT molecular complexity index is 2730. The molecule has 8 nitrogen and oxygen atoms in total. The van der Waals surface area contributed by atoms with Crippen molar-refractivity contribution in [3.05, 3.63) is 219 Å². The van der Waals surface area contributed by atoms with Crippen molar-refractivity contribution in [2.45, 2.75) is 5.60 Å². The van der Waals surface area contributed by atoms with E-state index in [4.69, 9.17) is 4.99 Å². The molecular formula is C45H30N5O3. The molecule has 0 bridgehead atoms. The van der Waals surface area contributed by atoms with Gasteiger partial charge in [0.2, 0.25) is 0 Å². The minimum atomic E-state index is -1.68. The highest BCUT2D eigenvalue weighted by Crippen LogP contribution is 2.38. The normalized spacial score (nSPS) is 18.4. The third-order valence-corrected chi connectivity index (χ3v) is 9.64. The number of fused-ring (bicyclic) bond motifs is 1. The van der Waals surface area contributed by atoms with Crippen LogP contribution in [0, 0.1) is 0 Å². The first-order valence-corrected chi connectivity index (χ1v) is 17.2. The number of carbonyl (C=O) groups is 2. The summed E-state index contributed by atoms with van der Waals surface area (Å²) in [4.78, 5) is 41.2. The molecule has 1 radical (unpaired) electrons. The maximum atomic E-state index is 12.8. The summed E-state index contributed by atoms with van der Waals surface area (Å²) in [7, 11) is 0. The molecule has 3 N–H and O–H groups in total. The van der Waals surface area contributed by atoms with Crippen molar-refractivity contribution in [1.29, 1.82) is 0 Å². The van der Waals surface area contributed by atoms with Gasteiger partial charge in [-0.1, -0.05) is 109 Å². The Morgan fingerprint density at radius 1 is 0.566 bits per heavy atom. The smallest absolute Gasteiger partial charge is 0.278 e. The molecule has 0 fully saturated rings. The van der Waals surface area contributed by atoms with Gasteiger partial charge in [0.05, 0.1) is 28.4 Å². The maximum Gasteiger partial charge on any atom is 0.278 e. The van der Waals surface area contributed by atoms with Gasteiger partial charge in [0.25, 0.3) is 11.8 Å². The van der Waals surface area contributed by atoms with Gasteiger partial charge in [0.1, 0.15) is 5.70 Å². The van der Waals surface area contributed by atoms with Crippen molar-refractivity contribution in [2.75, 3.05) is 0 Å². The number of allylic oxidation sites excluding steroid dienone is 2. The number of nitrogens with zero attached hydrogens (tertiary/aromatic N) is 3. The van der Waals surface area contributed by atoms with E-state index in [1.165, 1.54) is 6.08 Å². The lowest BCUT2D eigenvalue weighted by atomic mass is 9.86. The zero-order valence-corrected chi connectivity index (χ0v) is 28.2. The molecule has 0 saturated heterocycles. The number of benzene rings is 4. The SMILES string of the molecule is O=C1C=CC(/C(c2ccccc2)=c2\cc/c(=C(/c3ccccc3)c3ccc(C(O)(C4=N/C(=C5\[N]C(=O)c6ccccc65)C=C4)c4ccccc4)[nH]3)[nH]2)=N1. The Morgan fingerprint density at radius 2 is 1.19 bits per heavy atom. The zero-order valence-electron chi connectivity index (χ0n) is 28.2. The van der Waals surface area contributed by atoms with Gasteiger partial charge in [-0.25, -0.2) is 15.3 Å². The van der Waals surface area contributed by atoms with E-state index in [2.05, 4.69) is 20.3 Å². The number of hydrogen-bond acceptors (Lipinski definition) is 4. The second kappa shape index (κ2) is 12.9. The van der Waals surface area contributed by atoms with Crippen LogP contribution in [0.5, 0.6) is 0 Å². The molecule has 3 aliphatic heterocycles. The molecule has 0 aliphatic carbocycles. The molecule has 2 aromatic heterocycles. The highest BCUT2D eigenvalue weighted by Gasteiger charge is 2.40. The summed E-state index contributed by atoms with van der Waals surface area (Å²) in [5.41, 5.74) is 6.97. The fourth-order valence-electron chi connectivity index (χ4n) is 7.14. The molecule has 3 aliphatic rings. The highest BCUT2D eigenvalue weighted by atomic mass is 16.3. The Hall–Kier alpha value is -7.16. The fourth-order valence-corrected chi connectivity index (χ4v) is 7.14. The molecule has 5 heterocycles. The van der Waals surface area contributed by atoms with Crippen molar-refractivity contribution in [1.82, 2.24) is 15.3 Å². The van der Waals surface area contributed by atoms with Gasteiger partial charge >= 0.3 is 0 Å². The van der Waals surface area contributed by atoms with Crippen molar-refractivity contribution in [2.24, 2.45) is 9.98 Å². The van der Waals surface area contributed by atoms with Crippen molar-refractivity contribution in [3.63, 3.8) is 0 Å². The predicted molar refractivity (Wildman–Crippen MR) is 205 cm³/mol. The molecule has 1 unspecified atom stereocenters. The topological polar surface area (TPSA) is 125 Å². The molecule has 53 heavy (non-hydrogen) atoms. The van der Waals surface area contributed by atoms with Crippen LogP contribution in [0.1, 0.15) is 44.0 Å². The molecule has 9 rings (SSSR count). The van der Waals surface area contributed by atoms with Crippen LogP contribution in [0.25, 0.3) is 16.8 Å². The van der Waals surface area contributed by atoms with Crippen LogP contribution in [0.3, 0.4) is 0 Å². The molecule has 0 saturated carbocycles. The predicted octanol–water partition coefficient (Wildman–Crippen LogP) is 5.70. The van der Waals surface area contributed by atoms with E-state index in [0.29, 0.717) is 39.6 Å². The fraction of sp³-hybridized carbons (Fsp3) is 0.0222. The number of hydrogen-bond donors (Lipinski definition) is 3. The van der Waals surface area contributed by atoms with Gasteiger partial charge < -0.3 is 15.1 Å². The molecule has 2 amide bonds. The number of rotatable bonds is 7. The molecule has 0 spiro atoms. The van der Waals surface area contributed by atoms with E-state index >= 15 is 0 Å². The quantitative estimate of drug-likeness (QED) is 0.199. The first kappa shape index (κ1) is 31.8. The van der Waals surface area contributed by atoms with Crippen molar-refractivity contribution < 1.29 is 14.7 Å². The van der Waals surface area contributed by atoms with Gasteiger partial charge in [-0.15, -0.1) is 0 Å². The Morgan fingerprint density at radius 3 is 1.87 bits per heavy atom. The van der Waals surface area contributed by atoms with E-state index < -0.39 is 5.60 Å². The van der Waals surface area contributed by atoms with Crippen molar-refractivity contribution >= 4 is 40.1 Å². The van der Waals surface area contributed by atoms with Crippen LogP contribution in [-0.4, -0.2) is 38.3 Å². The number of H-pyrrole nitrogens is 2. The average Bonchev–Trinajstić information content (AvgIpc) is 4.06. The molecule has 6 aromatic rings. The van der Waals surface area contributed by atoms with Crippen LogP contribution < -0.4 is 16.0 Å². The van der Waals surface area contributed by atoms with Crippen LogP contribution in [0.4, 0.5) is 0 Å². The number of aliphatic hydroxyl groups is 1. The first-order chi connectivity index (χ1) is 26.0. The number of nitrogens with one attached hydrogen (secondary N) is 2. The van der Waals surface area contributed by atoms with Gasteiger partial charge in [-0.2, -0.15) is 0 Å². The zero-order chi connectivity index (χ0) is 35.9. The van der Waals surface area contributed by atoms with E-state index in [1.54, 1.807) is 24.3 Å². The van der Waals surface area contributed by atoms with Crippen molar-refractivity contribution in [3.8, 4) is 0 Å². The van der Waals surface area contributed by atoms with Gasteiger partial charge in [-0.05, 0) is 65.3 Å². The van der Waals surface area contributed by atoms with Gasteiger partial charge in [-0.3, -0.25) is 9.59 Å². The Labute approximate surface area is 304 Å². The number of carbonyl (C=O) groups excluding carboxylic acids is 2. The maximum absolute atomic E-state index is 12.8. The lowest BCUT2D eigenvalue weighted by molar-refractivity contribution is -0.113. The van der Waals surface area contributed by atoms with Crippen LogP contribution in [-0.2, 0) is 10.4 Å². The second-order valence-corrected chi connectivity index (χ2v) is 12.8. The minimum absolute atomic E-state index is 0.289. The standard InChI is InChI=1S/C45H30N5O3/c51-40-27-24-36(49-40)42(29-14-6-2-7-15-29)34-21-20-33(46-34)41(28-12-4-1-5-13-28)35-22-25-38(47-35)45(53,30-16-8-3-9-17-30)39-26-23-37(48-39)43-31-18-10-11-19-32(31)44(52)50-43/h1-27,46-47,53H/b41-33+,42-34+,43-37-.